The van der Waals surface area contributed by atoms with E-state index in [1.165, 1.54) is 18.2 Å². The number of nitrogens with one attached hydrogen (secondary N) is 1. The number of ether oxygens (including phenoxy) is 3. The molecule has 0 radical (unpaired) electrons. The zero-order chi connectivity index (χ0) is 29.1. The molecule has 212 valence electrons. The summed E-state index contributed by atoms with van der Waals surface area (Å²) in [7, 11) is 0. The minimum absolute atomic E-state index is 0.0170. The summed E-state index contributed by atoms with van der Waals surface area (Å²) in [4.78, 5) is 28.6. The number of halogens is 3. The maximum atomic E-state index is 14.2. The Morgan fingerprint density at radius 1 is 0.857 bits per heavy atom. The van der Waals surface area contributed by atoms with Crippen molar-refractivity contribution < 1.29 is 37.0 Å². The molecule has 0 bridgehead atoms. The van der Waals surface area contributed by atoms with Gasteiger partial charge in [-0.2, -0.15) is 13.2 Å². The first-order valence-electron chi connectivity index (χ1n) is 13.3. The molecule has 42 heavy (non-hydrogen) atoms. The number of alkyl halides is 3. The number of para-hydroxylation sites is 1. The molecule has 0 fully saturated rings. The summed E-state index contributed by atoms with van der Waals surface area (Å²) in [6.07, 6.45) is -4.51. The fourth-order valence-electron chi connectivity index (χ4n) is 5.89. The van der Waals surface area contributed by atoms with Gasteiger partial charge in [0.05, 0.1) is 12.1 Å². The van der Waals surface area contributed by atoms with Gasteiger partial charge in [0.1, 0.15) is 17.8 Å². The highest BCUT2D eigenvalue weighted by atomic mass is 19.4. The first-order chi connectivity index (χ1) is 20.3. The van der Waals surface area contributed by atoms with E-state index in [2.05, 4.69) is 5.32 Å². The van der Waals surface area contributed by atoms with Crippen LogP contribution in [0.3, 0.4) is 0 Å². The molecule has 1 N–H and O–H groups in total. The van der Waals surface area contributed by atoms with Gasteiger partial charge in [-0.05, 0) is 47.0 Å². The van der Waals surface area contributed by atoms with Crippen molar-refractivity contribution in [1.82, 2.24) is 5.32 Å². The molecular weight excluding hydrogens is 549 g/mol. The van der Waals surface area contributed by atoms with Crippen LogP contribution < -0.4 is 24.4 Å². The van der Waals surface area contributed by atoms with Gasteiger partial charge in [-0.3, -0.25) is 9.59 Å². The van der Waals surface area contributed by atoms with E-state index in [0.29, 0.717) is 22.8 Å². The van der Waals surface area contributed by atoms with Gasteiger partial charge in [0.15, 0.2) is 11.5 Å². The molecule has 0 aliphatic carbocycles. The van der Waals surface area contributed by atoms with Crippen molar-refractivity contribution in [3.63, 3.8) is 0 Å². The average molecular weight is 573 g/mol. The number of hydrogen-bond acceptors (Lipinski definition) is 5. The summed E-state index contributed by atoms with van der Waals surface area (Å²) in [5, 5.41) is 2.56. The number of anilines is 1. The quantitative estimate of drug-likeness (QED) is 0.338. The Bertz CT molecular complexity index is 1740. The van der Waals surface area contributed by atoms with Crippen LogP contribution in [0, 0.1) is 0 Å². The maximum Gasteiger partial charge on any atom is 0.416 e. The third-order valence-corrected chi connectivity index (χ3v) is 7.96. The number of nitrogens with zero attached hydrogens (tertiary/aromatic N) is 1. The van der Waals surface area contributed by atoms with E-state index in [1.807, 2.05) is 30.3 Å². The molecule has 7 nitrogen and oxygen atoms in total. The lowest BCUT2D eigenvalue weighted by Crippen LogP contribution is -2.42. The largest absolute Gasteiger partial charge is 0.491 e. The SMILES string of the molecule is O=C(NCc1ccccc1C(F)(F)F)c1ccc(CN2C(=O)C3(COc4cc5c(cc43)OCO5)c3ccccc32)cc1. The Kier molecular flexibility index (Phi) is 5.89. The van der Waals surface area contributed by atoms with Gasteiger partial charge in [-0.15, -0.1) is 0 Å². The molecule has 1 spiro atoms. The van der Waals surface area contributed by atoms with E-state index in [1.54, 1.807) is 35.2 Å². The minimum Gasteiger partial charge on any atom is -0.491 e. The summed E-state index contributed by atoms with van der Waals surface area (Å²) >= 11 is 0. The van der Waals surface area contributed by atoms with Crippen molar-refractivity contribution in [3.05, 3.63) is 118 Å². The molecule has 0 aromatic heterocycles. The van der Waals surface area contributed by atoms with E-state index >= 15 is 0 Å². The molecule has 3 aliphatic rings. The summed E-state index contributed by atoms with van der Waals surface area (Å²) < 4.78 is 57.0. The lowest BCUT2D eigenvalue weighted by atomic mass is 9.77. The summed E-state index contributed by atoms with van der Waals surface area (Å²) in [5.74, 6) is 1.09. The van der Waals surface area contributed by atoms with Crippen molar-refractivity contribution >= 4 is 17.5 Å². The van der Waals surface area contributed by atoms with Crippen LogP contribution in [0.2, 0.25) is 0 Å². The fraction of sp³-hybridized carbons (Fsp3) is 0.188. The Morgan fingerprint density at radius 3 is 2.36 bits per heavy atom. The smallest absolute Gasteiger partial charge is 0.416 e. The number of carbonyl (C=O) groups is 2. The maximum absolute atomic E-state index is 14.2. The summed E-state index contributed by atoms with van der Waals surface area (Å²) in [6.45, 7) is 0.241. The second-order valence-corrected chi connectivity index (χ2v) is 10.3. The zero-order valence-electron chi connectivity index (χ0n) is 22.0. The monoisotopic (exact) mass is 572 g/mol. The van der Waals surface area contributed by atoms with Crippen LogP contribution in [0.15, 0.2) is 84.9 Å². The first-order valence-corrected chi connectivity index (χ1v) is 13.3. The summed E-state index contributed by atoms with van der Waals surface area (Å²) in [6, 6.07) is 23.0. The molecule has 3 aliphatic heterocycles. The number of carbonyl (C=O) groups excluding carboxylic acids is 2. The fourth-order valence-corrected chi connectivity index (χ4v) is 5.89. The Balaban J connectivity index is 1.11. The van der Waals surface area contributed by atoms with Crippen LogP contribution in [0.4, 0.5) is 18.9 Å². The molecule has 0 saturated heterocycles. The third-order valence-electron chi connectivity index (χ3n) is 7.96. The molecular formula is C32H23F3N2O5. The van der Waals surface area contributed by atoms with Crippen LogP contribution in [-0.2, 0) is 29.5 Å². The predicted octanol–water partition coefficient (Wildman–Crippen LogP) is 5.59. The van der Waals surface area contributed by atoms with Gasteiger partial charge < -0.3 is 24.4 Å². The molecule has 2 amide bonds. The van der Waals surface area contributed by atoms with Crippen molar-refractivity contribution in [3.8, 4) is 17.2 Å². The van der Waals surface area contributed by atoms with Gasteiger partial charge in [0.2, 0.25) is 12.7 Å². The molecule has 4 aromatic carbocycles. The van der Waals surface area contributed by atoms with Crippen molar-refractivity contribution in [2.24, 2.45) is 0 Å². The minimum atomic E-state index is -4.51. The van der Waals surface area contributed by atoms with Gasteiger partial charge >= 0.3 is 6.18 Å². The molecule has 3 heterocycles. The Hall–Kier alpha value is -4.99. The molecule has 1 unspecified atom stereocenters. The number of benzene rings is 4. The van der Waals surface area contributed by atoms with Gasteiger partial charge in [-0.1, -0.05) is 48.5 Å². The average Bonchev–Trinajstić information content (AvgIpc) is 3.67. The van der Waals surface area contributed by atoms with E-state index < -0.39 is 23.1 Å². The highest BCUT2D eigenvalue weighted by molar-refractivity contribution is 6.11. The normalized spacial score (nSPS) is 18.2. The standard InChI is InChI=1S/C32H23F3N2O5/c33-32(34,35)22-6-2-1-5-21(22)15-36-29(38)20-11-9-19(10-12-20)16-37-25-8-4-3-7-23(25)31(30(37)39)17-40-26-14-28-27(13-24(26)31)41-18-42-28/h1-14H,15-18H2,(H,36,38). The number of rotatable bonds is 5. The number of hydrogen-bond donors (Lipinski definition) is 1. The zero-order valence-corrected chi connectivity index (χ0v) is 22.0. The van der Waals surface area contributed by atoms with Crippen LogP contribution in [0.1, 0.15) is 38.2 Å². The van der Waals surface area contributed by atoms with E-state index in [0.717, 1.165) is 28.4 Å². The number of fused-ring (bicyclic) bond motifs is 5. The Labute approximate surface area is 238 Å². The van der Waals surface area contributed by atoms with E-state index in [4.69, 9.17) is 14.2 Å². The van der Waals surface area contributed by atoms with Gasteiger partial charge in [0.25, 0.3) is 5.91 Å². The lowest BCUT2D eigenvalue weighted by Gasteiger charge is -2.23. The summed E-state index contributed by atoms with van der Waals surface area (Å²) in [5.41, 5.74) is 1.57. The lowest BCUT2D eigenvalue weighted by molar-refractivity contribution is -0.138. The van der Waals surface area contributed by atoms with E-state index in [9.17, 15) is 22.8 Å². The molecule has 1 atom stereocenters. The van der Waals surface area contributed by atoms with Gasteiger partial charge in [0, 0.05) is 29.4 Å². The molecule has 4 aromatic rings. The van der Waals surface area contributed by atoms with Crippen LogP contribution in [0.5, 0.6) is 17.2 Å². The van der Waals surface area contributed by atoms with Gasteiger partial charge in [-0.25, -0.2) is 0 Å². The molecule has 10 heteroatoms. The van der Waals surface area contributed by atoms with Crippen LogP contribution in [-0.4, -0.2) is 25.2 Å². The van der Waals surface area contributed by atoms with Crippen molar-refractivity contribution in [2.75, 3.05) is 18.3 Å². The highest BCUT2D eigenvalue weighted by Gasteiger charge is 2.57. The second-order valence-electron chi connectivity index (χ2n) is 10.3. The third kappa shape index (κ3) is 4.05. The van der Waals surface area contributed by atoms with Crippen molar-refractivity contribution in [1.29, 1.82) is 0 Å². The predicted molar refractivity (Wildman–Crippen MR) is 146 cm³/mol. The van der Waals surface area contributed by atoms with Crippen molar-refractivity contribution in [2.45, 2.75) is 24.7 Å². The molecule has 0 saturated carbocycles. The Morgan fingerprint density at radius 2 is 1.57 bits per heavy atom. The van der Waals surface area contributed by atoms with Crippen LogP contribution >= 0.6 is 0 Å². The topological polar surface area (TPSA) is 77.1 Å². The molecule has 7 rings (SSSR count). The first kappa shape index (κ1) is 25.9. The number of amides is 2. The highest BCUT2D eigenvalue weighted by Crippen LogP contribution is 2.55. The second kappa shape index (κ2) is 9.54. The van der Waals surface area contributed by atoms with Crippen LogP contribution in [0.25, 0.3) is 0 Å². The van der Waals surface area contributed by atoms with E-state index in [-0.39, 0.29) is 38.0 Å².